The van der Waals surface area contributed by atoms with Crippen molar-refractivity contribution in [2.75, 3.05) is 7.11 Å². The topological polar surface area (TPSA) is 18.5 Å². The van der Waals surface area contributed by atoms with Crippen LogP contribution < -0.4 is 0 Å². The molecule has 0 aromatic carbocycles. The average molecular weight is 232 g/mol. The Balaban J connectivity index is 4.59. The fourth-order valence-electron chi connectivity index (χ4n) is 2.07. The summed E-state index contributed by atoms with van der Waals surface area (Å²) in [6.45, 7) is 13.2. The summed E-state index contributed by atoms with van der Waals surface area (Å²) in [5, 5.41) is 0. The average Bonchev–Trinajstić information content (AvgIpc) is 1.99. The third-order valence-electron chi connectivity index (χ3n) is 2.26. The SMILES string of the molecule is CO[Si](CC(C)C)(CC(C)C)OC(C)C. The Morgan fingerprint density at radius 1 is 0.867 bits per heavy atom. The molecule has 0 aromatic rings. The molecule has 0 atom stereocenters. The molecule has 15 heavy (non-hydrogen) atoms. The van der Waals surface area contributed by atoms with Gasteiger partial charge in [0.1, 0.15) is 0 Å². The molecular weight excluding hydrogens is 204 g/mol. The van der Waals surface area contributed by atoms with Crippen molar-refractivity contribution in [2.45, 2.75) is 59.7 Å². The van der Waals surface area contributed by atoms with Gasteiger partial charge >= 0.3 is 8.56 Å². The number of hydrogen-bond acceptors (Lipinski definition) is 2. The maximum absolute atomic E-state index is 6.13. The number of hydrogen-bond donors (Lipinski definition) is 0. The van der Waals surface area contributed by atoms with Crippen LogP contribution in [-0.2, 0) is 8.85 Å². The van der Waals surface area contributed by atoms with E-state index in [0.717, 1.165) is 12.1 Å². The van der Waals surface area contributed by atoms with E-state index in [-0.39, 0.29) is 6.10 Å². The Hall–Kier alpha value is 0.137. The molecule has 3 heteroatoms. The first kappa shape index (κ1) is 15.1. The summed E-state index contributed by atoms with van der Waals surface area (Å²) < 4.78 is 11.9. The van der Waals surface area contributed by atoms with Crippen molar-refractivity contribution in [3.05, 3.63) is 0 Å². The van der Waals surface area contributed by atoms with E-state index in [9.17, 15) is 0 Å². The third kappa shape index (κ3) is 6.33. The molecule has 0 spiro atoms. The van der Waals surface area contributed by atoms with E-state index in [4.69, 9.17) is 8.85 Å². The maximum Gasteiger partial charge on any atom is 0.338 e. The zero-order valence-corrected chi connectivity index (χ0v) is 12.5. The summed E-state index contributed by atoms with van der Waals surface area (Å²) >= 11 is 0. The molecule has 0 fully saturated rings. The van der Waals surface area contributed by atoms with E-state index in [1.807, 2.05) is 7.11 Å². The fourth-order valence-corrected chi connectivity index (χ4v) is 6.20. The maximum atomic E-state index is 6.13. The lowest BCUT2D eigenvalue weighted by Crippen LogP contribution is -2.45. The van der Waals surface area contributed by atoms with Gasteiger partial charge in [0.2, 0.25) is 0 Å². The summed E-state index contributed by atoms with van der Waals surface area (Å²) in [5.41, 5.74) is 0. The van der Waals surface area contributed by atoms with Crippen LogP contribution >= 0.6 is 0 Å². The van der Waals surface area contributed by atoms with Crippen LogP contribution in [0.4, 0.5) is 0 Å². The van der Waals surface area contributed by atoms with E-state index < -0.39 is 8.56 Å². The van der Waals surface area contributed by atoms with Crippen LogP contribution in [0.3, 0.4) is 0 Å². The summed E-state index contributed by atoms with van der Waals surface area (Å²) in [4.78, 5) is 0. The normalized spacial score (nSPS) is 13.2. The highest BCUT2D eigenvalue weighted by atomic mass is 28.4. The Morgan fingerprint density at radius 3 is 1.47 bits per heavy atom. The van der Waals surface area contributed by atoms with Crippen molar-refractivity contribution >= 4 is 8.56 Å². The molecule has 0 radical (unpaired) electrons. The smallest absolute Gasteiger partial charge is 0.338 e. The summed E-state index contributed by atoms with van der Waals surface area (Å²) in [6, 6.07) is 2.19. The molecule has 0 heterocycles. The van der Waals surface area contributed by atoms with Crippen molar-refractivity contribution in [1.29, 1.82) is 0 Å². The van der Waals surface area contributed by atoms with Crippen molar-refractivity contribution in [3.63, 3.8) is 0 Å². The Kier molecular flexibility index (Phi) is 6.72. The molecule has 0 saturated carbocycles. The Labute approximate surface area is 96.6 Å². The van der Waals surface area contributed by atoms with Gasteiger partial charge in [-0.3, -0.25) is 0 Å². The lowest BCUT2D eigenvalue weighted by Gasteiger charge is -2.33. The van der Waals surface area contributed by atoms with Gasteiger partial charge in [-0.1, -0.05) is 27.7 Å². The van der Waals surface area contributed by atoms with Crippen LogP contribution in [0.1, 0.15) is 41.5 Å². The molecule has 0 rings (SSSR count). The highest BCUT2D eigenvalue weighted by Gasteiger charge is 2.38. The lowest BCUT2D eigenvalue weighted by atomic mass is 10.3. The van der Waals surface area contributed by atoms with Crippen LogP contribution in [0.15, 0.2) is 0 Å². The largest absolute Gasteiger partial charge is 0.398 e. The first-order valence-corrected chi connectivity index (χ1v) is 8.27. The van der Waals surface area contributed by atoms with Gasteiger partial charge in [-0.15, -0.1) is 0 Å². The van der Waals surface area contributed by atoms with Gasteiger partial charge in [-0.25, -0.2) is 0 Å². The van der Waals surface area contributed by atoms with E-state index in [1.165, 1.54) is 0 Å². The second-order valence-electron chi connectivity index (χ2n) is 5.48. The number of rotatable bonds is 7. The first-order chi connectivity index (χ1) is 6.81. The zero-order valence-electron chi connectivity index (χ0n) is 11.5. The van der Waals surface area contributed by atoms with Gasteiger partial charge in [0.25, 0.3) is 0 Å². The van der Waals surface area contributed by atoms with Crippen molar-refractivity contribution < 1.29 is 8.85 Å². The molecule has 0 amide bonds. The first-order valence-electron chi connectivity index (χ1n) is 6.04. The predicted octanol–water partition coefficient (Wildman–Crippen LogP) is 3.81. The molecule has 0 aliphatic carbocycles. The van der Waals surface area contributed by atoms with E-state index in [0.29, 0.717) is 11.8 Å². The van der Waals surface area contributed by atoms with Crippen LogP contribution in [0, 0.1) is 11.8 Å². The molecule has 0 aliphatic heterocycles. The molecule has 0 aromatic heterocycles. The lowest BCUT2D eigenvalue weighted by molar-refractivity contribution is 0.146. The quantitative estimate of drug-likeness (QED) is 0.621. The molecular formula is C12H28O2Si. The van der Waals surface area contributed by atoms with Gasteiger partial charge in [-0.2, -0.15) is 0 Å². The predicted molar refractivity (Wildman–Crippen MR) is 68.3 cm³/mol. The monoisotopic (exact) mass is 232 g/mol. The summed E-state index contributed by atoms with van der Waals surface area (Å²) in [6.07, 6.45) is 0.272. The highest BCUT2D eigenvalue weighted by Crippen LogP contribution is 2.28. The van der Waals surface area contributed by atoms with E-state index in [2.05, 4.69) is 41.5 Å². The van der Waals surface area contributed by atoms with Gasteiger partial charge in [-0.05, 0) is 37.8 Å². The van der Waals surface area contributed by atoms with Gasteiger partial charge in [0.15, 0.2) is 0 Å². The van der Waals surface area contributed by atoms with Crippen molar-refractivity contribution in [1.82, 2.24) is 0 Å². The van der Waals surface area contributed by atoms with Crippen molar-refractivity contribution in [3.8, 4) is 0 Å². The molecule has 92 valence electrons. The van der Waals surface area contributed by atoms with Crippen LogP contribution in [0.2, 0.25) is 12.1 Å². The highest BCUT2D eigenvalue weighted by molar-refractivity contribution is 6.67. The van der Waals surface area contributed by atoms with Crippen LogP contribution in [0.25, 0.3) is 0 Å². The summed E-state index contributed by atoms with van der Waals surface area (Å²) in [5.74, 6) is 1.29. The van der Waals surface area contributed by atoms with Crippen LogP contribution in [-0.4, -0.2) is 21.8 Å². The molecule has 0 unspecified atom stereocenters. The second kappa shape index (κ2) is 6.66. The third-order valence-corrected chi connectivity index (χ3v) is 6.78. The minimum absolute atomic E-state index is 0.272. The molecule has 0 N–H and O–H groups in total. The molecule has 0 saturated heterocycles. The van der Waals surface area contributed by atoms with Gasteiger partial charge in [0.05, 0.1) is 0 Å². The second-order valence-corrected chi connectivity index (χ2v) is 8.76. The molecule has 0 aliphatic rings. The van der Waals surface area contributed by atoms with Gasteiger partial charge < -0.3 is 8.85 Å². The standard InChI is InChI=1S/C12H28O2Si/c1-10(2)8-15(13-7,9-11(3)4)14-12(5)6/h10-12H,8-9H2,1-7H3. The molecule has 2 nitrogen and oxygen atoms in total. The van der Waals surface area contributed by atoms with Crippen LogP contribution in [0.5, 0.6) is 0 Å². The zero-order chi connectivity index (χ0) is 12.1. The fraction of sp³-hybridized carbons (Fsp3) is 1.00. The summed E-state index contributed by atoms with van der Waals surface area (Å²) in [7, 11) is -0.140. The Bertz CT molecular complexity index is 140. The van der Waals surface area contributed by atoms with E-state index >= 15 is 0 Å². The Morgan fingerprint density at radius 2 is 1.27 bits per heavy atom. The molecule has 0 bridgehead atoms. The van der Waals surface area contributed by atoms with Crippen molar-refractivity contribution in [2.24, 2.45) is 11.8 Å². The minimum atomic E-state index is -1.96. The van der Waals surface area contributed by atoms with Gasteiger partial charge in [0, 0.05) is 13.2 Å². The minimum Gasteiger partial charge on any atom is -0.398 e. The van der Waals surface area contributed by atoms with E-state index in [1.54, 1.807) is 0 Å².